The molecule has 2 fully saturated rings. The van der Waals surface area contributed by atoms with Crippen molar-refractivity contribution in [3.8, 4) is 11.3 Å². The zero-order valence-corrected chi connectivity index (χ0v) is 19.1. The Bertz CT molecular complexity index is 1100. The van der Waals surface area contributed by atoms with Crippen molar-refractivity contribution in [1.82, 2.24) is 9.80 Å². The molecule has 2 aromatic rings. The highest BCUT2D eigenvalue weighted by Crippen LogP contribution is 2.33. The van der Waals surface area contributed by atoms with Crippen LogP contribution in [0.25, 0.3) is 17.4 Å². The number of imide groups is 1. The van der Waals surface area contributed by atoms with Gasteiger partial charge in [0, 0.05) is 24.7 Å². The number of carbonyl (C=O) groups is 4. The van der Waals surface area contributed by atoms with E-state index < -0.39 is 17.1 Å². The van der Waals surface area contributed by atoms with Gasteiger partial charge in [0.15, 0.2) is 0 Å². The molecular weight excluding hydrogens is 444 g/mol. The minimum Gasteiger partial charge on any atom is -0.462 e. The van der Waals surface area contributed by atoms with Crippen LogP contribution in [0.1, 0.15) is 42.3 Å². The molecule has 2 aliphatic rings. The lowest BCUT2D eigenvalue weighted by Gasteiger charge is -2.27. The van der Waals surface area contributed by atoms with Gasteiger partial charge in [0.05, 0.1) is 17.1 Å². The first kappa shape index (κ1) is 22.8. The van der Waals surface area contributed by atoms with Crippen molar-refractivity contribution < 1.29 is 28.3 Å². The average Bonchev–Trinajstić information content (AvgIpc) is 3.40. The Balaban J connectivity index is 1.43. The van der Waals surface area contributed by atoms with Gasteiger partial charge in [0.2, 0.25) is 5.91 Å². The van der Waals surface area contributed by atoms with Crippen LogP contribution in [0.15, 0.2) is 45.7 Å². The van der Waals surface area contributed by atoms with Crippen molar-refractivity contribution in [2.75, 3.05) is 26.2 Å². The lowest BCUT2D eigenvalue weighted by molar-refractivity contribution is -0.136. The van der Waals surface area contributed by atoms with E-state index in [-0.39, 0.29) is 17.4 Å². The second-order valence-corrected chi connectivity index (χ2v) is 8.70. The summed E-state index contributed by atoms with van der Waals surface area (Å²) in [6.07, 6.45) is 4.49. The molecule has 9 heteroatoms. The summed E-state index contributed by atoms with van der Waals surface area (Å²) in [5, 5.41) is -0.460. The number of benzene rings is 1. The number of amides is 3. The van der Waals surface area contributed by atoms with E-state index in [0.29, 0.717) is 36.8 Å². The summed E-state index contributed by atoms with van der Waals surface area (Å²) in [7, 11) is 0. The van der Waals surface area contributed by atoms with Crippen molar-refractivity contribution in [2.45, 2.75) is 26.2 Å². The van der Waals surface area contributed by atoms with Crippen LogP contribution in [0.2, 0.25) is 0 Å². The quantitative estimate of drug-likeness (QED) is 0.464. The van der Waals surface area contributed by atoms with E-state index >= 15 is 0 Å². The summed E-state index contributed by atoms with van der Waals surface area (Å²) >= 11 is 0.797. The predicted octanol–water partition coefficient (Wildman–Crippen LogP) is 4.17. The third-order valence-corrected chi connectivity index (χ3v) is 6.36. The molecule has 0 spiro atoms. The van der Waals surface area contributed by atoms with Gasteiger partial charge in [-0.15, -0.1) is 0 Å². The number of esters is 1. The highest BCUT2D eigenvalue weighted by Gasteiger charge is 2.37. The first-order chi connectivity index (χ1) is 16.0. The van der Waals surface area contributed by atoms with Gasteiger partial charge in [-0.05, 0) is 62.2 Å². The summed E-state index contributed by atoms with van der Waals surface area (Å²) in [6.45, 7) is 3.15. The van der Waals surface area contributed by atoms with Crippen LogP contribution in [0.3, 0.4) is 0 Å². The fourth-order valence-corrected chi connectivity index (χ4v) is 4.53. The molecule has 0 unspecified atom stereocenters. The number of piperidine rings is 1. The van der Waals surface area contributed by atoms with Gasteiger partial charge in [0.1, 0.15) is 18.1 Å². The SMILES string of the molecule is CCOC(=O)c1ccc(-c2ccc(/C=C3/SC(=O)N(CC(=O)N4CCCCC4)C3=O)o2)cc1. The van der Waals surface area contributed by atoms with Crippen molar-refractivity contribution >= 4 is 40.9 Å². The van der Waals surface area contributed by atoms with Gasteiger partial charge in [-0.1, -0.05) is 12.1 Å². The Morgan fingerprint density at radius 3 is 2.48 bits per heavy atom. The highest BCUT2D eigenvalue weighted by atomic mass is 32.2. The maximum Gasteiger partial charge on any atom is 0.338 e. The molecule has 3 amide bonds. The molecule has 3 heterocycles. The van der Waals surface area contributed by atoms with Crippen LogP contribution in [-0.2, 0) is 14.3 Å². The van der Waals surface area contributed by atoms with E-state index in [1.807, 2.05) is 0 Å². The van der Waals surface area contributed by atoms with E-state index in [0.717, 1.165) is 41.5 Å². The molecule has 0 bridgehead atoms. The number of furan rings is 1. The second kappa shape index (κ2) is 10.1. The summed E-state index contributed by atoms with van der Waals surface area (Å²) in [5.41, 5.74) is 1.20. The maximum absolute atomic E-state index is 12.7. The van der Waals surface area contributed by atoms with Crippen LogP contribution >= 0.6 is 11.8 Å². The summed E-state index contributed by atoms with van der Waals surface area (Å²) in [5.74, 6) is -0.126. The van der Waals surface area contributed by atoms with Crippen molar-refractivity contribution in [2.24, 2.45) is 0 Å². The third-order valence-electron chi connectivity index (χ3n) is 5.46. The van der Waals surface area contributed by atoms with E-state index in [9.17, 15) is 19.2 Å². The highest BCUT2D eigenvalue weighted by molar-refractivity contribution is 8.18. The lowest BCUT2D eigenvalue weighted by Crippen LogP contribution is -2.44. The Labute approximate surface area is 195 Å². The zero-order valence-electron chi connectivity index (χ0n) is 18.2. The summed E-state index contributed by atoms with van der Waals surface area (Å²) < 4.78 is 10.8. The number of nitrogens with zero attached hydrogens (tertiary/aromatic N) is 2. The maximum atomic E-state index is 12.7. The number of hydrogen-bond donors (Lipinski definition) is 0. The van der Waals surface area contributed by atoms with E-state index in [1.165, 1.54) is 6.08 Å². The molecule has 0 N–H and O–H groups in total. The van der Waals surface area contributed by atoms with Gasteiger partial charge in [-0.2, -0.15) is 0 Å². The third kappa shape index (κ3) is 5.19. The van der Waals surface area contributed by atoms with E-state index in [1.54, 1.807) is 48.2 Å². The van der Waals surface area contributed by atoms with Crippen molar-refractivity contribution in [3.63, 3.8) is 0 Å². The Hall–Kier alpha value is -3.33. The molecule has 4 rings (SSSR count). The fraction of sp³-hybridized carbons (Fsp3) is 0.333. The molecule has 2 aliphatic heterocycles. The smallest absolute Gasteiger partial charge is 0.338 e. The lowest BCUT2D eigenvalue weighted by atomic mass is 10.1. The molecule has 2 saturated heterocycles. The van der Waals surface area contributed by atoms with E-state index in [2.05, 4.69) is 0 Å². The minimum atomic E-state index is -0.493. The van der Waals surface area contributed by atoms with Crippen LogP contribution in [0, 0.1) is 0 Å². The molecule has 8 nitrogen and oxygen atoms in total. The first-order valence-corrected chi connectivity index (χ1v) is 11.7. The topological polar surface area (TPSA) is 97.1 Å². The number of carbonyl (C=O) groups excluding carboxylic acids is 4. The monoisotopic (exact) mass is 468 g/mol. The fourth-order valence-electron chi connectivity index (χ4n) is 3.71. The van der Waals surface area contributed by atoms with Gasteiger partial charge < -0.3 is 14.1 Å². The number of hydrogen-bond acceptors (Lipinski definition) is 7. The van der Waals surface area contributed by atoms with Crippen molar-refractivity contribution in [3.05, 3.63) is 52.6 Å². The van der Waals surface area contributed by atoms with Gasteiger partial charge >= 0.3 is 5.97 Å². The molecule has 1 aromatic carbocycles. The first-order valence-electron chi connectivity index (χ1n) is 10.9. The second-order valence-electron chi connectivity index (χ2n) is 7.71. The van der Waals surface area contributed by atoms with Crippen LogP contribution in [0.4, 0.5) is 4.79 Å². The Kier molecular flexibility index (Phi) is 6.98. The zero-order chi connectivity index (χ0) is 23.4. The summed E-state index contributed by atoms with van der Waals surface area (Å²) in [6, 6.07) is 10.2. The largest absolute Gasteiger partial charge is 0.462 e. The minimum absolute atomic E-state index is 0.204. The molecule has 0 saturated carbocycles. The number of thioether (sulfide) groups is 1. The molecule has 172 valence electrons. The predicted molar refractivity (Wildman–Crippen MR) is 123 cm³/mol. The molecule has 0 atom stereocenters. The molecule has 33 heavy (non-hydrogen) atoms. The van der Waals surface area contributed by atoms with Crippen LogP contribution in [-0.4, -0.2) is 59.1 Å². The summed E-state index contributed by atoms with van der Waals surface area (Å²) in [4.78, 5) is 52.3. The van der Waals surface area contributed by atoms with Crippen LogP contribution in [0.5, 0.6) is 0 Å². The molecule has 0 radical (unpaired) electrons. The van der Waals surface area contributed by atoms with Crippen LogP contribution < -0.4 is 0 Å². The normalized spacial score (nSPS) is 17.7. The molecular formula is C24H24N2O6S. The van der Waals surface area contributed by atoms with E-state index in [4.69, 9.17) is 9.15 Å². The standard InChI is InChI=1S/C24H24N2O6S/c1-2-31-23(29)17-8-6-16(7-9-17)19-11-10-18(32-19)14-20-22(28)26(24(30)33-20)15-21(27)25-12-4-3-5-13-25/h6-11,14H,2-5,12-13,15H2,1H3/b20-14+. The van der Waals surface area contributed by atoms with Gasteiger partial charge in [-0.25, -0.2) is 4.79 Å². The molecule has 1 aromatic heterocycles. The Morgan fingerprint density at radius 2 is 1.79 bits per heavy atom. The molecule has 0 aliphatic carbocycles. The van der Waals surface area contributed by atoms with Gasteiger partial charge in [0.25, 0.3) is 11.1 Å². The number of likely N-dealkylation sites (tertiary alicyclic amines) is 1. The van der Waals surface area contributed by atoms with Crippen molar-refractivity contribution in [1.29, 1.82) is 0 Å². The number of rotatable bonds is 6. The van der Waals surface area contributed by atoms with Gasteiger partial charge in [-0.3, -0.25) is 19.3 Å². The Morgan fingerprint density at radius 1 is 1.06 bits per heavy atom. The average molecular weight is 469 g/mol. The number of ether oxygens (including phenoxy) is 1.